The van der Waals surface area contributed by atoms with E-state index in [2.05, 4.69) is 70.5 Å². The first-order chi connectivity index (χ1) is 14.3. The monoisotopic (exact) mass is 478 g/mol. The van der Waals surface area contributed by atoms with Crippen molar-refractivity contribution < 1.29 is 9.53 Å². The van der Waals surface area contributed by atoms with Gasteiger partial charge in [-0.3, -0.25) is 9.80 Å². The number of rotatable bonds is 7. The molecule has 3 aromatic rings. The molecule has 0 N–H and O–H groups in total. The van der Waals surface area contributed by atoms with Gasteiger partial charge in [-0.05, 0) is 22.6 Å². The Balaban J connectivity index is 0.00000171. The highest BCUT2D eigenvalue weighted by molar-refractivity contribution is 7.11. The van der Waals surface area contributed by atoms with E-state index >= 15 is 0 Å². The summed E-state index contributed by atoms with van der Waals surface area (Å²) in [6, 6.07) is 25.4. The third kappa shape index (κ3) is 6.79. The first kappa shape index (κ1) is 25.4. The van der Waals surface area contributed by atoms with E-state index in [0.29, 0.717) is 11.5 Å². The molecule has 0 spiro atoms. The van der Waals surface area contributed by atoms with Gasteiger partial charge in [0.25, 0.3) is 0 Å². The summed E-state index contributed by atoms with van der Waals surface area (Å²) >= 11 is 1.42. The van der Waals surface area contributed by atoms with Crippen LogP contribution in [0.1, 0.15) is 26.8 Å². The van der Waals surface area contributed by atoms with Crippen molar-refractivity contribution in [2.24, 2.45) is 0 Å². The molecular formula is C24H28Cl2N2O2S. The van der Waals surface area contributed by atoms with Crippen molar-refractivity contribution >= 4 is 42.1 Å². The number of hydrogen-bond acceptors (Lipinski definition) is 5. The molecule has 0 saturated carbocycles. The maximum absolute atomic E-state index is 12.0. The molecule has 2 heterocycles. The number of piperazine rings is 1. The van der Waals surface area contributed by atoms with Crippen molar-refractivity contribution in [2.45, 2.75) is 6.04 Å². The smallest absolute Gasteiger partial charge is 0.348 e. The Morgan fingerprint density at radius 3 is 1.94 bits per heavy atom. The number of halogens is 2. The number of esters is 1. The predicted octanol–water partition coefficient (Wildman–Crippen LogP) is 5.16. The zero-order valence-corrected chi connectivity index (χ0v) is 19.7. The summed E-state index contributed by atoms with van der Waals surface area (Å²) in [5.74, 6) is -0.216. The summed E-state index contributed by atoms with van der Waals surface area (Å²) in [7, 11) is 0. The molecule has 7 heteroatoms. The lowest BCUT2D eigenvalue weighted by atomic mass is 9.96. The zero-order valence-electron chi connectivity index (χ0n) is 17.3. The van der Waals surface area contributed by atoms with Crippen LogP contribution in [0, 0.1) is 0 Å². The molecule has 1 aliphatic heterocycles. The third-order valence-corrected chi connectivity index (χ3v) is 6.22. The highest BCUT2D eigenvalue weighted by atomic mass is 35.5. The van der Waals surface area contributed by atoms with Crippen LogP contribution >= 0.6 is 36.2 Å². The maximum atomic E-state index is 12.0. The number of carbonyl (C=O) groups excluding carboxylic acids is 1. The van der Waals surface area contributed by atoms with Gasteiger partial charge >= 0.3 is 5.97 Å². The van der Waals surface area contributed by atoms with E-state index in [0.717, 1.165) is 32.7 Å². The van der Waals surface area contributed by atoms with Gasteiger partial charge in [0.05, 0.1) is 6.04 Å². The molecule has 4 nitrogen and oxygen atoms in total. The van der Waals surface area contributed by atoms with Gasteiger partial charge in [0, 0.05) is 32.7 Å². The number of nitrogens with zero attached hydrogens (tertiary/aromatic N) is 2. The first-order valence-corrected chi connectivity index (χ1v) is 11.0. The second-order valence-corrected chi connectivity index (χ2v) is 8.16. The van der Waals surface area contributed by atoms with Crippen LogP contribution < -0.4 is 0 Å². The van der Waals surface area contributed by atoms with Gasteiger partial charge in [0.2, 0.25) is 0 Å². The average molecular weight is 479 g/mol. The summed E-state index contributed by atoms with van der Waals surface area (Å²) in [4.78, 5) is 17.6. The molecule has 0 bridgehead atoms. The van der Waals surface area contributed by atoms with Gasteiger partial charge in [-0.15, -0.1) is 36.2 Å². The molecule has 1 saturated heterocycles. The fraction of sp³-hybridized carbons (Fsp3) is 0.292. The van der Waals surface area contributed by atoms with Crippen LogP contribution in [-0.4, -0.2) is 55.1 Å². The maximum Gasteiger partial charge on any atom is 0.348 e. The normalized spacial score (nSPS) is 14.5. The fourth-order valence-electron chi connectivity index (χ4n) is 3.86. The average Bonchev–Trinajstić information content (AvgIpc) is 3.32. The van der Waals surface area contributed by atoms with Gasteiger partial charge in [-0.1, -0.05) is 66.7 Å². The van der Waals surface area contributed by atoms with Gasteiger partial charge in [0.1, 0.15) is 11.5 Å². The SMILES string of the molecule is Cl.Cl.O=C(OCCN1CCN(C(c2ccccc2)c2ccccc2)CC1)c1cccs1. The van der Waals surface area contributed by atoms with Gasteiger partial charge in [-0.2, -0.15) is 0 Å². The Morgan fingerprint density at radius 2 is 1.42 bits per heavy atom. The van der Waals surface area contributed by atoms with Crippen LogP contribution in [0.2, 0.25) is 0 Å². The zero-order chi connectivity index (χ0) is 19.9. The van der Waals surface area contributed by atoms with Crippen molar-refractivity contribution in [3.8, 4) is 0 Å². The summed E-state index contributed by atoms with van der Waals surface area (Å²) < 4.78 is 5.42. The van der Waals surface area contributed by atoms with E-state index in [1.165, 1.54) is 22.5 Å². The number of thiophene rings is 1. The minimum absolute atomic E-state index is 0. The Labute approximate surface area is 200 Å². The molecular weight excluding hydrogens is 451 g/mol. The predicted molar refractivity (Wildman–Crippen MR) is 132 cm³/mol. The summed E-state index contributed by atoms with van der Waals surface area (Å²) in [6.45, 7) is 5.17. The Morgan fingerprint density at radius 1 is 0.839 bits per heavy atom. The topological polar surface area (TPSA) is 32.8 Å². The van der Waals surface area contributed by atoms with E-state index in [1.807, 2.05) is 11.4 Å². The largest absolute Gasteiger partial charge is 0.460 e. The van der Waals surface area contributed by atoms with E-state index in [-0.39, 0.29) is 36.8 Å². The molecule has 166 valence electrons. The van der Waals surface area contributed by atoms with Crippen molar-refractivity contribution in [3.63, 3.8) is 0 Å². The van der Waals surface area contributed by atoms with Crippen molar-refractivity contribution in [1.82, 2.24) is 9.80 Å². The standard InChI is InChI=1S/C24H26N2O2S.2ClH/c27-24(22-12-7-19-29-22)28-18-17-25-13-15-26(16-14-25)23(20-8-3-1-4-9-20)21-10-5-2-6-11-21;;/h1-12,19,23H,13-18H2;2*1H. The Kier molecular flexibility index (Phi) is 10.5. The summed E-state index contributed by atoms with van der Waals surface area (Å²) in [5, 5.41) is 1.89. The minimum Gasteiger partial charge on any atom is -0.460 e. The van der Waals surface area contributed by atoms with Gasteiger partial charge in [-0.25, -0.2) is 4.79 Å². The van der Waals surface area contributed by atoms with Crippen LogP contribution in [0.15, 0.2) is 78.2 Å². The van der Waals surface area contributed by atoms with Crippen molar-refractivity contribution in [2.75, 3.05) is 39.3 Å². The highest BCUT2D eigenvalue weighted by Crippen LogP contribution is 2.29. The van der Waals surface area contributed by atoms with Crippen molar-refractivity contribution in [1.29, 1.82) is 0 Å². The lowest BCUT2D eigenvalue weighted by molar-refractivity contribution is 0.0412. The van der Waals surface area contributed by atoms with Crippen LogP contribution in [0.4, 0.5) is 0 Å². The number of benzene rings is 2. The van der Waals surface area contributed by atoms with E-state index in [4.69, 9.17) is 4.74 Å². The van der Waals surface area contributed by atoms with Crippen LogP contribution in [-0.2, 0) is 4.74 Å². The Hall–Kier alpha value is -1.89. The van der Waals surface area contributed by atoms with E-state index in [9.17, 15) is 4.79 Å². The molecule has 1 fully saturated rings. The summed E-state index contributed by atoms with van der Waals surface area (Å²) in [6.07, 6.45) is 0. The second-order valence-electron chi connectivity index (χ2n) is 7.21. The molecule has 0 atom stereocenters. The number of hydrogen-bond donors (Lipinski definition) is 0. The van der Waals surface area contributed by atoms with E-state index < -0.39 is 0 Å². The van der Waals surface area contributed by atoms with Crippen LogP contribution in [0.25, 0.3) is 0 Å². The molecule has 4 rings (SSSR count). The highest BCUT2D eigenvalue weighted by Gasteiger charge is 2.26. The summed E-state index contributed by atoms with van der Waals surface area (Å²) in [5.41, 5.74) is 2.66. The number of carbonyl (C=O) groups is 1. The lowest BCUT2D eigenvalue weighted by Gasteiger charge is -2.39. The Bertz CT molecular complexity index is 847. The quantitative estimate of drug-likeness (QED) is 0.439. The molecule has 1 aromatic heterocycles. The molecule has 31 heavy (non-hydrogen) atoms. The molecule has 0 aliphatic carbocycles. The molecule has 0 unspecified atom stereocenters. The molecule has 2 aromatic carbocycles. The molecule has 0 amide bonds. The van der Waals surface area contributed by atoms with E-state index in [1.54, 1.807) is 6.07 Å². The van der Waals surface area contributed by atoms with Crippen molar-refractivity contribution in [3.05, 3.63) is 94.2 Å². The number of ether oxygens (including phenoxy) is 1. The minimum atomic E-state index is -0.216. The van der Waals surface area contributed by atoms with Crippen LogP contribution in [0.3, 0.4) is 0 Å². The third-order valence-electron chi connectivity index (χ3n) is 5.37. The molecule has 0 radical (unpaired) electrons. The fourth-order valence-corrected chi connectivity index (χ4v) is 4.48. The van der Waals surface area contributed by atoms with Gasteiger partial charge < -0.3 is 4.74 Å². The lowest BCUT2D eigenvalue weighted by Crippen LogP contribution is -2.48. The first-order valence-electron chi connectivity index (χ1n) is 10.1. The van der Waals surface area contributed by atoms with Crippen LogP contribution in [0.5, 0.6) is 0 Å². The molecule has 1 aliphatic rings. The van der Waals surface area contributed by atoms with Gasteiger partial charge in [0.15, 0.2) is 0 Å². The second kappa shape index (κ2) is 12.8.